The largest absolute Gasteiger partial charge is 0.396 e. The van der Waals surface area contributed by atoms with Gasteiger partial charge in [-0.3, -0.25) is 0 Å². The summed E-state index contributed by atoms with van der Waals surface area (Å²) in [5, 5.41) is 12.6. The van der Waals surface area contributed by atoms with E-state index >= 15 is 0 Å². The Labute approximate surface area is 108 Å². The fourth-order valence-electron chi connectivity index (χ4n) is 2.83. The van der Waals surface area contributed by atoms with E-state index < -0.39 is 0 Å². The topological polar surface area (TPSA) is 61.8 Å². The Kier molecular flexibility index (Phi) is 4.83. The molecule has 0 aromatic rings. The van der Waals surface area contributed by atoms with E-state index in [0.717, 1.165) is 25.7 Å². The standard InChI is InChI=1S/C13H24N2O3/c16-11-13(4-2-1-3-5-13)10-14-12(17)15-6-8-18-9-7-15/h16H,1-11H2,(H,14,17). The summed E-state index contributed by atoms with van der Waals surface area (Å²) in [4.78, 5) is 13.8. The lowest BCUT2D eigenvalue weighted by Gasteiger charge is -2.36. The van der Waals surface area contributed by atoms with Crippen LogP contribution in [0.2, 0.25) is 0 Å². The van der Waals surface area contributed by atoms with E-state index in [9.17, 15) is 9.90 Å². The number of rotatable bonds is 3. The molecule has 2 fully saturated rings. The van der Waals surface area contributed by atoms with Crippen LogP contribution < -0.4 is 5.32 Å². The van der Waals surface area contributed by atoms with Crippen LogP contribution in [0.4, 0.5) is 4.79 Å². The zero-order chi connectivity index (χ0) is 12.8. The third-order valence-corrected chi connectivity index (χ3v) is 4.16. The smallest absolute Gasteiger partial charge is 0.317 e. The van der Waals surface area contributed by atoms with Crippen molar-refractivity contribution >= 4 is 6.03 Å². The SMILES string of the molecule is O=C(NCC1(CO)CCCCC1)N1CCOCC1. The molecular weight excluding hydrogens is 232 g/mol. The minimum Gasteiger partial charge on any atom is -0.396 e. The van der Waals surface area contributed by atoms with Gasteiger partial charge in [0, 0.05) is 25.0 Å². The van der Waals surface area contributed by atoms with Gasteiger partial charge in [0.2, 0.25) is 0 Å². The third-order valence-electron chi connectivity index (χ3n) is 4.16. The van der Waals surface area contributed by atoms with Crippen molar-refractivity contribution in [3.05, 3.63) is 0 Å². The number of hydrogen-bond acceptors (Lipinski definition) is 3. The molecule has 1 aliphatic heterocycles. The summed E-state index contributed by atoms with van der Waals surface area (Å²) >= 11 is 0. The van der Waals surface area contributed by atoms with Crippen molar-refractivity contribution in [3.63, 3.8) is 0 Å². The number of nitrogens with one attached hydrogen (secondary N) is 1. The number of nitrogens with zero attached hydrogens (tertiary/aromatic N) is 1. The lowest BCUT2D eigenvalue weighted by Crippen LogP contribution is -2.50. The highest BCUT2D eigenvalue weighted by molar-refractivity contribution is 5.74. The molecule has 1 aliphatic carbocycles. The van der Waals surface area contributed by atoms with Gasteiger partial charge in [-0.15, -0.1) is 0 Å². The Bertz CT molecular complexity index is 271. The van der Waals surface area contributed by atoms with Gasteiger partial charge in [-0.25, -0.2) is 4.79 Å². The summed E-state index contributed by atoms with van der Waals surface area (Å²) in [5.74, 6) is 0. The molecule has 2 aliphatic rings. The van der Waals surface area contributed by atoms with Gasteiger partial charge in [0.1, 0.15) is 0 Å². The Morgan fingerprint density at radius 3 is 2.50 bits per heavy atom. The summed E-state index contributed by atoms with van der Waals surface area (Å²) in [6.45, 7) is 3.35. The molecule has 0 spiro atoms. The zero-order valence-corrected chi connectivity index (χ0v) is 11.0. The van der Waals surface area contributed by atoms with Gasteiger partial charge < -0.3 is 20.1 Å². The van der Waals surface area contributed by atoms with Crippen molar-refractivity contribution in [2.45, 2.75) is 32.1 Å². The molecule has 2 N–H and O–H groups in total. The van der Waals surface area contributed by atoms with Crippen molar-refractivity contribution in [3.8, 4) is 0 Å². The number of aliphatic hydroxyl groups is 1. The molecule has 1 saturated carbocycles. The lowest BCUT2D eigenvalue weighted by atomic mass is 9.74. The van der Waals surface area contributed by atoms with Crippen molar-refractivity contribution < 1.29 is 14.6 Å². The summed E-state index contributed by atoms with van der Waals surface area (Å²) in [6, 6.07) is -0.0169. The van der Waals surface area contributed by atoms with Crippen LogP contribution >= 0.6 is 0 Å². The molecule has 5 nitrogen and oxygen atoms in total. The second-order valence-corrected chi connectivity index (χ2v) is 5.48. The Balaban J connectivity index is 1.79. The molecule has 0 radical (unpaired) electrons. The van der Waals surface area contributed by atoms with Gasteiger partial charge in [-0.1, -0.05) is 19.3 Å². The second kappa shape index (κ2) is 6.38. The van der Waals surface area contributed by atoms with E-state index in [-0.39, 0.29) is 18.1 Å². The van der Waals surface area contributed by atoms with Crippen LogP contribution in [0.1, 0.15) is 32.1 Å². The van der Waals surface area contributed by atoms with Gasteiger partial charge in [0.25, 0.3) is 0 Å². The first kappa shape index (κ1) is 13.6. The Morgan fingerprint density at radius 1 is 1.22 bits per heavy atom. The maximum atomic E-state index is 12.0. The Hall–Kier alpha value is -0.810. The summed E-state index contributed by atoms with van der Waals surface area (Å²) in [7, 11) is 0. The zero-order valence-electron chi connectivity index (χ0n) is 11.0. The van der Waals surface area contributed by atoms with Crippen LogP contribution in [0.15, 0.2) is 0 Å². The summed E-state index contributed by atoms with van der Waals surface area (Å²) < 4.78 is 5.22. The van der Waals surface area contributed by atoms with Gasteiger partial charge in [-0.2, -0.15) is 0 Å². The molecule has 2 amide bonds. The molecule has 2 rings (SSSR count). The first-order valence-corrected chi connectivity index (χ1v) is 6.97. The van der Waals surface area contributed by atoms with E-state index in [1.54, 1.807) is 4.90 Å². The van der Waals surface area contributed by atoms with E-state index in [1.165, 1.54) is 6.42 Å². The van der Waals surface area contributed by atoms with Crippen LogP contribution in [-0.2, 0) is 4.74 Å². The molecule has 5 heteroatoms. The molecule has 1 heterocycles. The number of morpholine rings is 1. The van der Waals surface area contributed by atoms with Gasteiger partial charge in [-0.05, 0) is 12.8 Å². The molecule has 1 saturated heterocycles. The Morgan fingerprint density at radius 2 is 1.89 bits per heavy atom. The minimum absolute atomic E-state index is 0.0169. The number of carbonyl (C=O) groups excluding carboxylic acids is 1. The summed E-state index contributed by atoms with van der Waals surface area (Å²) in [6.07, 6.45) is 5.61. The lowest BCUT2D eigenvalue weighted by molar-refractivity contribution is 0.0486. The number of amides is 2. The van der Waals surface area contributed by atoms with Crippen LogP contribution in [-0.4, -0.2) is 55.5 Å². The normalized spacial score (nSPS) is 23.7. The maximum absolute atomic E-state index is 12.0. The maximum Gasteiger partial charge on any atom is 0.317 e. The highest BCUT2D eigenvalue weighted by atomic mass is 16.5. The molecule has 0 atom stereocenters. The van der Waals surface area contributed by atoms with Crippen molar-refractivity contribution in [2.75, 3.05) is 39.5 Å². The van der Waals surface area contributed by atoms with Crippen molar-refractivity contribution in [1.29, 1.82) is 0 Å². The number of ether oxygens (including phenoxy) is 1. The quantitative estimate of drug-likeness (QED) is 0.791. The molecule has 0 aromatic heterocycles. The molecule has 0 aromatic carbocycles. The van der Waals surface area contributed by atoms with Crippen molar-refractivity contribution in [1.82, 2.24) is 10.2 Å². The first-order valence-electron chi connectivity index (χ1n) is 6.97. The van der Waals surface area contributed by atoms with Crippen LogP contribution in [0.25, 0.3) is 0 Å². The third kappa shape index (κ3) is 3.36. The van der Waals surface area contributed by atoms with E-state index in [1.807, 2.05) is 0 Å². The van der Waals surface area contributed by atoms with E-state index in [2.05, 4.69) is 5.32 Å². The van der Waals surface area contributed by atoms with Gasteiger partial charge in [0.05, 0.1) is 19.8 Å². The molecule has 104 valence electrons. The average Bonchev–Trinajstić information content (AvgIpc) is 2.47. The van der Waals surface area contributed by atoms with E-state index in [0.29, 0.717) is 32.8 Å². The van der Waals surface area contributed by atoms with Crippen molar-refractivity contribution in [2.24, 2.45) is 5.41 Å². The first-order chi connectivity index (χ1) is 8.76. The average molecular weight is 256 g/mol. The molecular formula is C13H24N2O3. The van der Waals surface area contributed by atoms with Crippen LogP contribution in [0.5, 0.6) is 0 Å². The minimum atomic E-state index is -0.0831. The predicted octanol–water partition coefficient (Wildman–Crippen LogP) is 0.971. The highest BCUT2D eigenvalue weighted by Gasteiger charge is 2.32. The number of urea groups is 1. The van der Waals surface area contributed by atoms with Crippen LogP contribution in [0.3, 0.4) is 0 Å². The molecule has 0 unspecified atom stereocenters. The number of carbonyl (C=O) groups is 1. The number of aliphatic hydroxyl groups excluding tert-OH is 1. The fraction of sp³-hybridized carbons (Fsp3) is 0.923. The summed E-state index contributed by atoms with van der Waals surface area (Å²) in [5.41, 5.74) is -0.0831. The molecule has 0 bridgehead atoms. The highest BCUT2D eigenvalue weighted by Crippen LogP contribution is 2.35. The van der Waals surface area contributed by atoms with Crippen LogP contribution in [0, 0.1) is 5.41 Å². The predicted molar refractivity (Wildman–Crippen MR) is 68.4 cm³/mol. The van der Waals surface area contributed by atoms with Gasteiger partial charge >= 0.3 is 6.03 Å². The monoisotopic (exact) mass is 256 g/mol. The van der Waals surface area contributed by atoms with Gasteiger partial charge in [0.15, 0.2) is 0 Å². The second-order valence-electron chi connectivity index (χ2n) is 5.48. The number of hydrogen-bond donors (Lipinski definition) is 2. The van der Waals surface area contributed by atoms with E-state index in [4.69, 9.17) is 4.74 Å². The molecule has 18 heavy (non-hydrogen) atoms. The fourth-order valence-corrected chi connectivity index (χ4v) is 2.83.